The van der Waals surface area contributed by atoms with Crippen LogP contribution in [0.2, 0.25) is 0 Å². The quantitative estimate of drug-likeness (QED) is 0.544. The Bertz CT molecular complexity index is 808. The molecular formula is C25H38N4O4. The minimum atomic E-state index is -0.719. The van der Waals surface area contributed by atoms with E-state index in [9.17, 15) is 14.4 Å². The first-order valence-electron chi connectivity index (χ1n) is 12.2. The Morgan fingerprint density at radius 2 is 1.85 bits per heavy atom. The maximum absolute atomic E-state index is 13.7. The summed E-state index contributed by atoms with van der Waals surface area (Å²) in [4.78, 5) is 44.6. The normalized spacial score (nSPS) is 18.6. The number of nitrogens with zero attached hydrogens (tertiary/aromatic N) is 3. The Labute approximate surface area is 197 Å². The van der Waals surface area contributed by atoms with E-state index >= 15 is 0 Å². The van der Waals surface area contributed by atoms with Crippen molar-refractivity contribution >= 4 is 23.4 Å². The zero-order valence-corrected chi connectivity index (χ0v) is 20.2. The third-order valence-corrected chi connectivity index (χ3v) is 6.84. The van der Waals surface area contributed by atoms with Crippen LogP contribution in [-0.4, -0.2) is 79.1 Å². The molecule has 2 saturated heterocycles. The van der Waals surface area contributed by atoms with Gasteiger partial charge in [-0.25, -0.2) is 0 Å². The average Bonchev–Trinajstić information content (AvgIpc) is 3.10. The van der Waals surface area contributed by atoms with Crippen LogP contribution >= 0.6 is 0 Å². The monoisotopic (exact) mass is 458 g/mol. The first kappa shape index (κ1) is 25.0. The van der Waals surface area contributed by atoms with Gasteiger partial charge in [-0.2, -0.15) is 0 Å². The van der Waals surface area contributed by atoms with Crippen LogP contribution < -0.4 is 10.2 Å². The van der Waals surface area contributed by atoms with E-state index in [2.05, 4.69) is 10.2 Å². The van der Waals surface area contributed by atoms with Gasteiger partial charge in [0.15, 0.2) is 0 Å². The van der Waals surface area contributed by atoms with Gasteiger partial charge in [-0.15, -0.1) is 0 Å². The number of anilines is 1. The Balaban J connectivity index is 1.70. The van der Waals surface area contributed by atoms with Crippen molar-refractivity contribution in [3.63, 3.8) is 0 Å². The molecule has 3 amide bonds. The topological polar surface area (TPSA) is 82.2 Å². The van der Waals surface area contributed by atoms with E-state index in [0.717, 1.165) is 18.5 Å². The third kappa shape index (κ3) is 5.66. The van der Waals surface area contributed by atoms with Crippen molar-refractivity contribution in [1.82, 2.24) is 15.1 Å². The summed E-state index contributed by atoms with van der Waals surface area (Å²) in [6, 6.07) is 9.88. The van der Waals surface area contributed by atoms with E-state index in [0.29, 0.717) is 52.4 Å². The van der Waals surface area contributed by atoms with Gasteiger partial charge in [-0.3, -0.25) is 14.4 Å². The SMILES string of the molecule is CCOCCCNC(=O)CN1CN(c2ccccc2)C2(CCN(C(=O)C(C)CC)CC2)C1=O. The largest absolute Gasteiger partial charge is 0.382 e. The molecule has 1 atom stereocenters. The van der Waals surface area contributed by atoms with Gasteiger partial charge in [0, 0.05) is 44.5 Å². The van der Waals surface area contributed by atoms with Crippen LogP contribution in [0.15, 0.2) is 30.3 Å². The second-order valence-electron chi connectivity index (χ2n) is 8.97. The maximum Gasteiger partial charge on any atom is 0.250 e. The predicted molar refractivity (Wildman–Crippen MR) is 128 cm³/mol. The summed E-state index contributed by atoms with van der Waals surface area (Å²) in [6.45, 7) is 9.22. The fourth-order valence-electron chi connectivity index (χ4n) is 4.68. The molecule has 1 aromatic carbocycles. The van der Waals surface area contributed by atoms with Crippen LogP contribution in [0.3, 0.4) is 0 Å². The van der Waals surface area contributed by atoms with Crippen LogP contribution in [0.4, 0.5) is 5.69 Å². The van der Waals surface area contributed by atoms with Crippen LogP contribution in [0, 0.1) is 5.92 Å². The number of hydrogen-bond donors (Lipinski definition) is 1. The minimum Gasteiger partial charge on any atom is -0.382 e. The molecule has 8 heteroatoms. The summed E-state index contributed by atoms with van der Waals surface area (Å²) in [5.41, 5.74) is 0.246. The van der Waals surface area contributed by atoms with Crippen molar-refractivity contribution in [2.75, 3.05) is 51.0 Å². The lowest BCUT2D eigenvalue weighted by molar-refractivity contribution is -0.141. The Hall–Kier alpha value is -2.61. The van der Waals surface area contributed by atoms with E-state index in [1.165, 1.54) is 0 Å². The first-order valence-corrected chi connectivity index (χ1v) is 12.2. The fourth-order valence-corrected chi connectivity index (χ4v) is 4.68. The van der Waals surface area contributed by atoms with Gasteiger partial charge in [-0.1, -0.05) is 32.0 Å². The van der Waals surface area contributed by atoms with Crippen molar-refractivity contribution in [3.05, 3.63) is 30.3 Å². The molecule has 0 aromatic heterocycles. The standard InChI is InChI=1S/C25H38N4O4/c1-4-20(3)23(31)27-15-12-25(13-16-27)24(32)28(18-22(30)26-14-9-17-33-5-2)19-29(25)21-10-7-6-8-11-21/h6-8,10-11,20H,4-5,9,12-19H2,1-3H3,(H,26,30). The van der Waals surface area contributed by atoms with Crippen molar-refractivity contribution in [2.24, 2.45) is 5.92 Å². The molecule has 182 valence electrons. The molecule has 1 spiro atoms. The molecule has 33 heavy (non-hydrogen) atoms. The summed E-state index contributed by atoms with van der Waals surface area (Å²) in [5.74, 6) is -0.0282. The van der Waals surface area contributed by atoms with Gasteiger partial charge < -0.3 is 24.8 Å². The Kier molecular flexibility index (Phi) is 8.72. The minimum absolute atomic E-state index is 0.00789. The smallest absolute Gasteiger partial charge is 0.250 e. The third-order valence-electron chi connectivity index (χ3n) is 6.84. The summed E-state index contributed by atoms with van der Waals surface area (Å²) in [7, 11) is 0. The lowest BCUT2D eigenvalue weighted by Gasteiger charge is -2.43. The number of rotatable bonds is 10. The van der Waals surface area contributed by atoms with Gasteiger partial charge in [0.2, 0.25) is 11.8 Å². The summed E-state index contributed by atoms with van der Waals surface area (Å²) in [5, 5.41) is 2.89. The van der Waals surface area contributed by atoms with Gasteiger partial charge in [0.05, 0.1) is 6.67 Å². The van der Waals surface area contributed by atoms with E-state index in [-0.39, 0.29) is 30.2 Å². The summed E-state index contributed by atoms with van der Waals surface area (Å²) in [6.07, 6.45) is 2.68. The van der Waals surface area contributed by atoms with Gasteiger partial charge in [-0.05, 0) is 44.7 Å². The molecule has 2 aliphatic heterocycles. The molecule has 2 aliphatic rings. The highest BCUT2D eigenvalue weighted by atomic mass is 16.5. The molecular weight excluding hydrogens is 420 g/mol. The molecule has 0 saturated carbocycles. The van der Waals surface area contributed by atoms with E-state index in [1.807, 2.05) is 56.0 Å². The highest BCUT2D eigenvalue weighted by Gasteiger charge is 2.54. The predicted octanol–water partition coefficient (Wildman–Crippen LogP) is 2.24. The van der Waals surface area contributed by atoms with E-state index in [1.54, 1.807) is 4.90 Å². The van der Waals surface area contributed by atoms with Gasteiger partial charge in [0.25, 0.3) is 5.91 Å². The van der Waals surface area contributed by atoms with Crippen LogP contribution in [0.5, 0.6) is 0 Å². The van der Waals surface area contributed by atoms with Crippen LogP contribution in [0.1, 0.15) is 46.5 Å². The number of carbonyl (C=O) groups is 3. The van der Waals surface area contributed by atoms with Crippen LogP contribution in [0.25, 0.3) is 0 Å². The summed E-state index contributed by atoms with van der Waals surface area (Å²) >= 11 is 0. The highest BCUT2D eigenvalue weighted by molar-refractivity contribution is 5.96. The fraction of sp³-hybridized carbons (Fsp3) is 0.640. The summed E-state index contributed by atoms with van der Waals surface area (Å²) < 4.78 is 5.30. The lowest BCUT2D eigenvalue weighted by Crippen LogP contribution is -2.58. The molecule has 2 fully saturated rings. The van der Waals surface area contributed by atoms with Crippen LogP contribution in [-0.2, 0) is 19.1 Å². The molecule has 0 bridgehead atoms. The lowest BCUT2D eigenvalue weighted by atomic mass is 9.85. The molecule has 0 aliphatic carbocycles. The second-order valence-corrected chi connectivity index (χ2v) is 8.97. The number of benzene rings is 1. The number of piperidine rings is 1. The molecule has 3 rings (SSSR count). The number of hydrogen-bond acceptors (Lipinski definition) is 5. The molecule has 1 unspecified atom stereocenters. The number of para-hydroxylation sites is 1. The second kappa shape index (κ2) is 11.5. The number of nitrogens with one attached hydrogen (secondary N) is 1. The zero-order valence-electron chi connectivity index (χ0n) is 20.2. The number of likely N-dealkylation sites (tertiary alicyclic amines) is 1. The zero-order chi connectivity index (χ0) is 23.8. The van der Waals surface area contributed by atoms with Crippen molar-refractivity contribution < 1.29 is 19.1 Å². The number of amides is 3. The maximum atomic E-state index is 13.7. The molecule has 2 heterocycles. The molecule has 1 aromatic rings. The number of carbonyl (C=O) groups excluding carboxylic acids is 3. The molecule has 8 nitrogen and oxygen atoms in total. The molecule has 1 N–H and O–H groups in total. The Morgan fingerprint density at radius 3 is 2.48 bits per heavy atom. The first-order chi connectivity index (χ1) is 15.9. The van der Waals surface area contributed by atoms with E-state index < -0.39 is 5.54 Å². The van der Waals surface area contributed by atoms with Crippen molar-refractivity contribution in [1.29, 1.82) is 0 Å². The van der Waals surface area contributed by atoms with E-state index in [4.69, 9.17) is 4.74 Å². The van der Waals surface area contributed by atoms with Crippen molar-refractivity contribution in [3.8, 4) is 0 Å². The van der Waals surface area contributed by atoms with Crippen molar-refractivity contribution in [2.45, 2.75) is 52.0 Å². The van der Waals surface area contributed by atoms with Gasteiger partial charge in [0.1, 0.15) is 12.1 Å². The highest BCUT2D eigenvalue weighted by Crippen LogP contribution is 2.39. The number of ether oxygens (including phenoxy) is 1. The van der Waals surface area contributed by atoms with Gasteiger partial charge >= 0.3 is 0 Å². The Morgan fingerprint density at radius 1 is 1.15 bits per heavy atom. The average molecular weight is 459 g/mol. The molecule has 0 radical (unpaired) electrons.